The van der Waals surface area contributed by atoms with Crippen molar-refractivity contribution < 1.29 is 4.74 Å². The number of hydrogen-bond donors (Lipinski definition) is 1. The summed E-state index contributed by atoms with van der Waals surface area (Å²) >= 11 is 5.99. The summed E-state index contributed by atoms with van der Waals surface area (Å²) in [4.78, 5) is 2.40. The average Bonchev–Trinajstić information content (AvgIpc) is 2.45. The van der Waals surface area contributed by atoms with E-state index in [0.717, 1.165) is 18.0 Å². The largest absolute Gasteiger partial charge is 0.383 e. The van der Waals surface area contributed by atoms with E-state index < -0.39 is 0 Å². The van der Waals surface area contributed by atoms with Gasteiger partial charge in [-0.25, -0.2) is 0 Å². The molecule has 0 saturated heterocycles. The van der Waals surface area contributed by atoms with Crippen LogP contribution in [0.25, 0.3) is 0 Å². The SMILES string of the molecule is CCC(N)C(c1ccc(Cl)cc1)N(CC)C(C)COC. The highest BCUT2D eigenvalue weighted by Crippen LogP contribution is 2.28. The van der Waals surface area contributed by atoms with Gasteiger partial charge in [-0.3, -0.25) is 4.90 Å². The molecule has 1 rings (SSSR count). The molecule has 20 heavy (non-hydrogen) atoms. The number of rotatable bonds is 8. The molecule has 3 unspecified atom stereocenters. The van der Waals surface area contributed by atoms with E-state index in [2.05, 4.69) is 37.8 Å². The zero-order valence-electron chi connectivity index (χ0n) is 13.0. The fraction of sp³-hybridized carbons (Fsp3) is 0.625. The van der Waals surface area contributed by atoms with Crippen LogP contribution in [-0.2, 0) is 4.74 Å². The molecule has 0 aliphatic heterocycles. The number of halogens is 1. The van der Waals surface area contributed by atoms with E-state index in [1.807, 2.05) is 12.1 Å². The van der Waals surface area contributed by atoms with Crippen LogP contribution in [0.2, 0.25) is 5.02 Å². The lowest BCUT2D eigenvalue weighted by molar-refractivity contribution is 0.0628. The van der Waals surface area contributed by atoms with Gasteiger partial charge >= 0.3 is 0 Å². The second-order valence-electron chi connectivity index (χ2n) is 5.20. The Hall–Kier alpha value is -0.610. The average molecular weight is 299 g/mol. The summed E-state index contributed by atoms with van der Waals surface area (Å²) in [7, 11) is 1.74. The van der Waals surface area contributed by atoms with Crippen molar-refractivity contribution in [3.8, 4) is 0 Å². The first kappa shape index (κ1) is 17.4. The van der Waals surface area contributed by atoms with Crippen molar-refractivity contribution >= 4 is 11.6 Å². The summed E-state index contributed by atoms with van der Waals surface area (Å²) in [5, 5.41) is 0.755. The van der Waals surface area contributed by atoms with Crippen LogP contribution in [0.5, 0.6) is 0 Å². The quantitative estimate of drug-likeness (QED) is 0.798. The molecule has 114 valence electrons. The van der Waals surface area contributed by atoms with E-state index in [1.165, 1.54) is 5.56 Å². The molecule has 0 amide bonds. The second kappa shape index (κ2) is 8.63. The molecule has 0 radical (unpaired) electrons. The Bertz CT molecular complexity index is 383. The molecule has 0 fully saturated rings. The van der Waals surface area contributed by atoms with Crippen molar-refractivity contribution in [1.29, 1.82) is 0 Å². The Morgan fingerprint density at radius 3 is 2.30 bits per heavy atom. The number of nitrogens with zero attached hydrogens (tertiary/aromatic N) is 1. The lowest BCUT2D eigenvalue weighted by Gasteiger charge is -2.38. The third-order valence-electron chi connectivity index (χ3n) is 3.78. The van der Waals surface area contributed by atoms with Crippen molar-refractivity contribution in [2.75, 3.05) is 20.3 Å². The van der Waals surface area contributed by atoms with Gasteiger partial charge in [0.05, 0.1) is 12.6 Å². The summed E-state index contributed by atoms with van der Waals surface area (Å²) in [6.07, 6.45) is 0.934. The third-order valence-corrected chi connectivity index (χ3v) is 4.04. The molecule has 0 aliphatic carbocycles. The molecule has 0 saturated carbocycles. The Kier molecular flexibility index (Phi) is 7.52. The van der Waals surface area contributed by atoms with Crippen LogP contribution in [-0.4, -0.2) is 37.2 Å². The van der Waals surface area contributed by atoms with Crippen molar-refractivity contribution in [2.24, 2.45) is 5.73 Å². The summed E-state index contributed by atoms with van der Waals surface area (Å²) in [5.41, 5.74) is 7.60. The standard InChI is InChI=1S/C16H27ClN2O/c1-5-15(18)16(13-7-9-14(17)10-8-13)19(6-2)12(3)11-20-4/h7-10,12,15-16H,5-6,11,18H2,1-4H3. The van der Waals surface area contributed by atoms with Gasteiger partial charge in [-0.2, -0.15) is 0 Å². The lowest BCUT2D eigenvalue weighted by atomic mass is 9.95. The molecule has 1 aromatic rings. The van der Waals surface area contributed by atoms with Crippen molar-refractivity contribution in [3.05, 3.63) is 34.9 Å². The maximum absolute atomic E-state index is 6.38. The van der Waals surface area contributed by atoms with Crippen molar-refractivity contribution in [2.45, 2.75) is 45.3 Å². The highest BCUT2D eigenvalue weighted by Gasteiger charge is 2.28. The topological polar surface area (TPSA) is 38.5 Å². The molecule has 0 aliphatic rings. The maximum atomic E-state index is 6.38. The van der Waals surface area contributed by atoms with E-state index in [9.17, 15) is 0 Å². The van der Waals surface area contributed by atoms with Gasteiger partial charge in [0.1, 0.15) is 0 Å². The highest BCUT2D eigenvalue weighted by molar-refractivity contribution is 6.30. The number of hydrogen-bond acceptors (Lipinski definition) is 3. The number of ether oxygens (including phenoxy) is 1. The van der Waals surface area contributed by atoms with E-state index in [4.69, 9.17) is 22.1 Å². The Morgan fingerprint density at radius 2 is 1.85 bits per heavy atom. The normalized spacial score (nSPS) is 16.1. The molecule has 3 atom stereocenters. The number of nitrogens with two attached hydrogens (primary N) is 1. The predicted molar refractivity (Wildman–Crippen MR) is 86.2 cm³/mol. The minimum atomic E-state index is 0.0930. The number of likely N-dealkylation sites (N-methyl/N-ethyl adjacent to an activating group) is 1. The van der Waals surface area contributed by atoms with E-state index >= 15 is 0 Å². The zero-order chi connectivity index (χ0) is 15.1. The fourth-order valence-electron chi connectivity index (χ4n) is 2.69. The monoisotopic (exact) mass is 298 g/mol. The highest BCUT2D eigenvalue weighted by atomic mass is 35.5. The van der Waals surface area contributed by atoms with Gasteiger partial charge in [-0.1, -0.05) is 37.6 Å². The maximum Gasteiger partial charge on any atom is 0.0615 e. The van der Waals surface area contributed by atoms with Crippen LogP contribution in [0.15, 0.2) is 24.3 Å². The Balaban J connectivity index is 3.06. The molecule has 3 nitrogen and oxygen atoms in total. The fourth-order valence-corrected chi connectivity index (χ4v) is 2.81. The molecule has 1 aromatic carbocycles. The molecule has 2 N–H and O–H groups in total. The minimum absolute atomic E-state index is 0.0930. The van der Waals surface area contributed by atoms with E-state index in [-0.39, 0.29) is 12.1 Å². The first-order valence-corrected chi connectivity index (χ1v) is 7.68. The molecule has 4 heteroatoms. The van der Waals surface area contributed by atoms with E-state index in [1.54, 1.807) is 7.11 Å². The van der Waals surface area contributed by atoms with Gasteiger partial charge in [0.25, 0.3) is 0 Å². The van der Waals surface area contributed by atoms with Gasteiger partial charge < -0.3 is 10.5 Å². The molecule has 0 bridgehead atoms. The molecular formula is C16H27ClN2O. The smallest absolute Gasteiger partial charge is 0.0615 e. The van der Waals surface area contributed by atoms with Gasteiger partial charge in [0, 0.05) is 24.2 Å². The number of methoxy groups -OCH3 is 1. The van der Waals surface area contributed by atoms with Crippen LogP contribution in [0, 0.1) is 0 Å². The zero-order valence-corrected chi connectivity index (χ0v) is 13.7. The summed E-state index contributed by atoms with van der Waals surface area (Å²) in [6, 6.07) is 8.61. The molecule has 0 aromatic heterocycles. The Morgan fingerprint density at radius 1 is 1.25 bits per heavy atom. The summed E-state index contributed by atoms with van der Waals surface area (Å²) in [5.74, 6) is 0. The van der Waals surface area contributed by atoms with E-state index in [0.29, 0.717) is 12.6 Å². The van der Waals surface area contributed by atoms with Gasteiger partial charge in [0.2, 0.25) is 0 Å². The molecule has 0 spiro atoms. The van der Waals surface area contributed by atoms with Gasteiger partial charge in [-0.15, -0.1) is 0 Å². The van der Waals surface area contributed by atoms with Crippen molar-refractivity contribution in [3.63, 3.8) is 0 Å². The number of benzene rings is 1. The van der Waals surface area contributed by atoms with Crippen molar-refractivity contribution in [1.82, 2.24) is 4.90 Å². The predicted octanol–water partition coefficient (Wildman–Crippen LogP) is 3.48. The van der Waals surface area contributed by atoms with Gasteiger partial charge in [0.15, 0.2) is 0 Å². The van der Waals surface area contributed by atoms with Crippen LogP contribution < -0.4 is 5.73 Å². The van der Waals surface area contributed by atoms with Crippen LogP contribution in [0.3, 0.4) is 0 Å². The molecular weight excluding hydrogens is 272 g/mol. The Labute approximate surface area is 128 Å². The minimum Gasteiger partial charge on any atom is -0.383 e. The lowest BCUT2D eigenvalue weighted by Crippen LogP contribution is -2.46. The third kappa shape index (κ3) is 4.45. The first-order valence-electron chi connectivity index (χ1n) is 7.30. The summed E-state index contributed by atoms with van der Waals surface area (Å²) < 4.78 is 5.30. The van der Waals surface area contributed by atoms with Crippen LogP contribution in [0.1, 0.15) is 38.8 Å². The van der Waals surface area contributed by atoms with Crippen LogP contribution in [0.4, 0.5) is 0 Å². The first-order chi connectivity index (χ1) is 9.54. The summed E-state index contributed by atoms with van der Waals surface area (Å²) in [6.45, 7) is 8.11. The van der Waals surface area contributed by atoms with Gasteiger partial charge in [-0.05, 0) is 37.6 Å². The van der Waals surface area contributed by atoms with Crippen LogP contribution >= 0.6 is 11.6 Å². The second-order valence-corrected chi connectivity index (χ2v) is 5.64. The molecule has 0 heterocycles.